The second-order valence-corrected chi connectivity index (χ2v) is 4.81. The number of nitrogens with two attached hydrogens (primary N) is 1. The van der Waals surface area contributed by atoms with Crippen LogP contribution in [0, 0.1) is 0 Å². The van der Waals surface area contributed by atoms with Crippen LogP contribution in [-0.2, 0) is 16.8 Å². The van der Waals surface area contributed by atoms with Crippen LogP contribution in [0.3, 0.4) is 0 Å². The van der Waals surface area contributed by atoms with Crippen molar-refractivity contribution >= 4 is 33.4 Å². The fourth-order valence-corrected chi connectivity index (χ4v) is 1.52. The molecule has 0 aliphatic carbocycles. The molecule has 1 aromatic rings. The molecule has 0 atom stereocenters. The Balaban J connectivity index is 2.74. The summed E-state index contributed by atoms with van der Waals surface area (Å²) in [6, 6.07) is 4.82. The van der Waals surface area contributed by atoms with E-state index in [2.05, 4.69) is 4.72 Å². The van der Waals surface area contributed by atoms with E-state index in [1.807, 2.05) is 0 Å². The molecule has 0 saturated heterocycles. The Morgan fingerprint density at radius 2 is 1.93 bits per heavy atom. The molecule has 4 nitrogen and oxygen atoms in total. The van der Waals surface area contributed by atoms with Crippen molar-refractivity contribution in [2.24, 2.45) is 5.14 Å². The van der Waals surface area contributed by atoms with E-state index in [4.69, 9.17) is 28.3 Å². The Hall–Kier alpha value is -0.330. The Bertz CT molecular complexity index is 433. The molecule has 0 radical (unpaired) electrons. The van der Waals surface area contributed by atoms with E-state index in [1.54, 1.807) is 18.2 Å². The van der Waals surface area contributed by atoms with E-state index in [9.17, 15) is 8.42 Å². The molecule has 7 heteroatoms. The van der Waals surface area contributed by atoms with E-state index in [-0.39, 0.29) is 6.54 Å². The molecule has 3 N–H and O–H groups in total. The van der Waals surface area contributed by atoms with E-state index >= 15 is 0 Å². The lowest BCUT2D eigenvalue weighted by atomic mass is 10.2. The van der Waals surface area contributed by atoms with Crippen molar-refractivity contribution in [1.82, 2.24) is 4.72 Å². The summed E-state index contributed by atoms with van der Waals surface area (Å²) >= 11 is 11.4. The van der Waals surface area contributed by atoms with Gasteiger partial charge in [-0.2, -0.15) is 13.1 Å². The summed E-state index contributed by atoms with van der Waals surface area (Å²) in [4.78, 5) is 0. The number of nitrogens with one attached hydrogen (secondary N) is 1. The molecule has 0 spiro atoms. The van der Waals surface area contributed by atoms with Crippen molar-refractivity contribution in [3.05, 3.63) is 33.8 Å². The highest BCUT2D eigenvalue weighted by Crippen LogP contribution is 2.22. The summed E-state index contributed by atoms with van der Waals surface area (Å²) in [6.07, 6.45) is 0. The molecule has 0 fully saturated rings. The van der Waals surface area contributed by atoms with Crippen LogP contribution in [0.1, 0.15) is 5.56 Å². The molecular weight excluding hydrogens is 247 g/mol. The first kappa shape index (κ1) is 11.7. The predicted octanol–water partition coefficient (Wildman–Crippen LogP) is 1.29. The highest BCUT2D eigenvalue weighted by Gasteiger charge is 2.03. The summed E-state index contributed by atoms with van der Waals surface area (Å²) < 4.78 is 23.3. The minimum Gasteiger partial charge on any atom is -0.216 e. The fraction of sp³-hybridized carbons (Fsp3) is 0.143. The molecule has 0 aliphatic heterocycles. The second kappa shape index (κ2) is 4.46. The van der Waals surface area contributed by atoms with Crippen LogP contribution < -0.4 is 9.86 Å². The zero-order chi connectivity index (χ0) is 10.8. The molecule has 0 heterocycles. The third-order valence-corrected chi connectivity index (χ3v) is 2.75. The molecule has 0 bridgehead atoms. The molecular formula is C7H8Cl2N2O2S. The summed E-state index contributed by atoms with van der Waals surface area (Å²) in [7, 11) is -3.67. The molecule has 0 unspecified atom stereocenters. The molecule has 78 valence electrons. The Morgan fingerprint density at radius 3 is 2.43 bits per heavy atom. The smallest absolute Gasteiger partial charge is 0.216 e. The van der Waals surface area contributed by atoms with Crippen LogP contribution in [0.2, 0.25) is 10.0 Å². The molecule has 0 aromatic heterocycles. The maximum atomic E-state index is 10.6. The van der Waals surface area contributed by atoms with E-state index in [1.165, 1.54) is 0 Å². The molecule has 14 heavy (non-hydrogen) atoms. The van der Waals surface area contributed by atoms with E-state index < -0.39 is 10.2 Å². The van der Waals surface area contributed by atoms with Crippen LogP contribution in [0.4, 0.5) is 0 Å². The van der Waals surface area contributed by atoms with Gasteiger partial charge in [0, 0.05) is 6.54 Å². The van der Waals surface area contributed by atoms with Crippen molar-refractivity contribution in [2.45, 2.75) is 6.54 Å². The van der Waals surface area contributed by atoms with Gasteiger partial charge in [-0.05, 0) is 17.7 Å². The zero-order valence-corrected chi connectivity index (χ0v) is 9.33. The number of hydrogen-bond donors (Lipinski definition) is 2. The van der Waals surface area contributed by atoms with E-state index in [0.717, 1.165) is 0 Å². The van der Waals surface area contributed by atoms with Gasteiger partial charge in [-0.15, -0.1) is 0 Å². The second-order valence-electron chi connectivity index (χ2n) is 2.61. The van der Waals surface area contributed by atoms with Crippen molar-refractivity contribution in [1.29, 1.82) is 0 Å². The summed E-state index contributed by atoms with van der Waals surface area (Å²) in [5.74, 6) is 0. The lowest BCUT2D eigenvalue weighted by molar-refractivity contribution is 0.583. The van der Waals surface area contributed by atoms with Gasteiger partial charge >= 0.3 is 0 Å². The van der Waals surface area contributed by atoms with Crippen molar-refractivity contribution in [3.63, 3.8) is 0 Å². The normalized spacial score (nSPS) is 11.6. The van der Waals surface area contributed by atoms with Gasteiger partial charge in [0.25, 0.3) is 10.2 Å². The third-order valence-electron chi connectivity index (χ3n) is 1.46. The molecule has 1 rings (SSSR count). The zero-order valence-electron chi connectivity index (χ0n) is 7.00. The van der Waals surface area contributed by atoms with Crippen molar-refractivity contribution in [3.8, 4) is 0 Å². The first-order valence-electron chi connectivity index (χ1n) is 3.60. The summed E-state index contributed by atoms with van der Waals surface area (Å²) in [5.41, 5.74) is 0.688. The third kappa shape index (κ3) is 3.81. The van der Waals surface area contributed by atoms with Gasteiger partial charge < -0.3 is 0 Å². The van der Waals surface area contributed by atoms with Gasteiger partial charge in [0.05, 0.1) is 10.0 Å². The van der Waals surface area contributed by atoms with Gasteiger partial charge in [0.1, 0.15) is 0 Å². The Kier molecular flexibility index (Phi) is 3.74. The molecule has 0 saturated carbocycles. The number of benzene rings is 1. The average Bonchev–Trinajstić information content (AvgIpc) is 2.06. The van der Waals surface area contributed by atoms with Crippen LogP contribution in [0.5, 0.6) is 0 Å². The van der Waals surface area contributed by atoms with Gasteiger partial charge in [-0.3, -0.25) is 0 Å². The highest BCUT2D eigenvalue weighted by atomic mass is 35.5. The average molecular weight is 255 g/mol. The monoisotopic (exact) mass is 254 g/mol. The quantitative estimate of drug-likeness (QED) is 0.854. The molecule has 0 aliphatic rings. The number of hydrogen-bond acceptors (Lipinski definition) is 2. The molecule has 1 aromatic carbocycles. The van der Waals surface area contributed by atoms with Crippen LogP contribution in [-0.4, -0.2) is 8.42 Å². The first-order chi connectivity index (χ1) is 6.38. The minimum atomic E-state index is -3.67. The number of halogens is 2. The van der Waals surface area contributed by atoms with Gasteiger partial charge in [0.15, 0.2) is 0 Å². The maximum absolute atomic E-state index is 10.6. The van der Waals surface area contributed by atoms with Gasteiger partial charge in [-0.25, -0.2) is 5.14 Å². The Labute approximate surface area is 92.2 Å². The lowest BCUT2D eigenvalue weighted by Gasteiger charge is -2.03. The predicted molar refractivity (Wildman–Crippen MR) is 56.4 cm³/mol. The largest absolute Gasteiger partial charge is 0.274 e. The van der Waals surface area contributed by atoms with Gasteiger partial charge in [0.2, 0.25) is 0 Å². The fourth-order valence-electron chi connectivity index (χ4n) is 0.834. The lowest BCUT2D eigenvalue weighted by Crippen LogP contribution is -2.30. The van der Waals surface area contributed by atoms with Crippen LogP contribution in [0.15, 0.2) is 18.2 Å². The topological polar surface area (TPSA) is 72.2 Å². The SMILES string of the molecule is NS(=O)(=O)NCc1ccc(Cl)c(Cl)c1. The summed E-state index contributed by atoms with van der Waals surface area (Å²) in [6.45, 7) is 0.0930. The first-order valence-corrected chi connectivity index (χ1v) is 5.90. The van der Waals surface area contributed by atoms with Crippen LogP contribution >= 0.6 is 23.2 Å². The van der Waals surface area contributed by atoms with Gasteiger partial charge in [-0.1, -0.05) is 29.3 Å². The van der Waals surface area contributed by atoms with Crippen LogP contribution in [0.25, 0.3) is 0 Å². The Morgan fingerprint density at radius 1 is 1.29 bits per heavy atom. The van der Waals surface area contributed by atoms with E-state index in [0.29, 0.717) is 15.6 Å². The highest BCUT2D eigenvalue weighted by molar-refractivity contribution is 7.87. The van der Waals surface area contributed by atoms with Crippen molar-refractivity contribution < 1.29 is 8.42 Å². The summed E-state index contributed by atoms with van der Waals surface area (Å²) in [5, 5.41) is 5.55. The minimum absolute atomic E-state index is 0.0930. The standard InChI is InChI=1S/C7H8Cl2N2O2S/c8-6-2-1-5(3-7(6)9)4-11-14(10,12)13/h1-3,11H,4H2,(H2,10,12,13). The number of rotatable bonds is 3. The maximum Gasteiger partial charge on any atom is 0.274 e. The van der Waals surface area contributed by atoms with Crippen molar-refractivity contribution in [2.75, 3.05) is 0 Å². The molecule has 0 amide bonds.